The molecule has 12 heteroatoms. The number of aryl methyl sites for hydroxylation is 1. The molecule has 1 amide bonds. The van der Waals surface area contributed by atoms with Gasteiger partial charge in [-0.05, 0) is 37.0 Å². The third-order valence-corrected chi connectivity index (χ3v) is 4.00. The first kappa shape index (κ1) is 23.9. The molecule has 0 fully saturated rings. The zero-order valence-electron chi connectivity index (χ0n) is 15.3. The Morgan fingerprint density at radius 3 is 2.38 bits per heavy atom. The molecule has 0 atom stereocenters. The van der Waals surface area contributed by atoms with Crippen LogP contribution in [0.2, 0.25) is 5.15 Å². The summed E-state index contributed by atoms with van der Waals surface area (Å²) in [6.45, 7) is 0.406. The summed E-state index contributed by atoms with van der Waals surface area (Å²) in [6.07, 6.45) is 2.33. The number of nitrogen functional groups attached to an aromatic ring is 2. The van der Waals surface area contributed by atoms with Crippen molar-refractivity contribution >= 4 is 53.5 Å². The van der Waals surface area contributed by atoms with Crippen molar-refractivity contribution < 1.29 is 14.7 Å². The number of aliphatic imine (C=N–C) groups is 1. The fraction of sp³-hybridized carbons (Fsp3) is 0.235. The van der Waals surface area contributed by atoms with Gasteiger partial charge in [-0.25, -0.2) is 14.8 Å². The Balaban J connectivity index is 0.00000420. The predicted molar refractivity (Wildman–Crippen MR) is 113 cm³/mol. The first-order valence-corrected chi connectivity index (χ1v) is 8.67. The number of carbonyl (C=O) groups excluding carboxylic acids is 1. The highest BCUT2D eigenvalue weighted by atomic mass is 35.5. The quantitative estimate of drug-likeness (QED) is 0.243. The predicted octanol–water partition coefficient (Wildman–Crippen LogP) is 1.48. The van der Waals surface area contributed by atoms with Gasteiger partial charge in [0.15, 0.2) is 28.4 Å². The van der Waals surface area contributed by atoms with Crippen LogP contribution in [-0.2, 0) is 6.42 Å². The lowest BCUT2D eigenvalue weighted by Gasteiger charge is -2.07. The number of rotatable bonds is 7. The third-order valence-electron chi connectivity index (χ3n) is 3.72. The maximum atomic E-state index is 12.1. The van der Waals surface area contributed by atoms with Gasteiger partial charge in [-0.2, -0.15) is 0 Å². The summed E-state index contributed by atoms with van der Waals surface area (Å²) in [5.74, 6) is -1.96. The molecule has 0 saturated heterocycles. The van der Waals surface area contributed by atoms with Crippen molar-refractivity contribution in [3.63, 3.8) is 0 Å². The molecule has 156 valence electrons. The summed E-state index contributed by atoms with van der Waals surface area (Å²) in [5, 5.41) is 11.1. The molecule has 10 nitrogen and oxygen atoms in total. The molecule has 0 bridgehead atoms. The van der Waals surface area contributed by atoms with E-state index < -0.39 is 11.9 Å². The minimum atomic E-state index is -0.951. The minimum Gasteiger partial charge on any atom is -0.478 e. The number of anilines is 2. The monoisotopic (exact) mass is 441 g/mol. The van der Waals surface area contributed by atoms with E-state index in [0.717, 1.165) is 24.8 Å². The summed E-state index contributed by atoms with van der Waals surface area (Å²) in [7, 11) is 0. The molecule has 29 heavy (non-hydrogen) atoms. The molecule has 2 aromatic rings. The zero-order valence-corrected chi connectivity index (χ0v) is 16.8. The topological polar surface area (TPSA) is 183 Å². The van der Waals surface area contributed by atoms with Gasteiger partial charge in [0, 0.05) is 6.54 Å². The van der Waals surface area contributed by atoms with Crippen LogP contribution in [0.3, 0.4) is 0 Å². The van der Waals surface area contributed by atoms with E-state index in [2.05, 4.69) is 20.3 Å². The van der Waals surface area contributed by atoms with E-state index in [1.807, 2.05) is 0 Å². The number of nitrogens with one attached hydrogen (secondary N) is 1. The molecule has 1 heterocycles. The second-order valence-electron chi connectivity index (χ2n) is 5.81. The molecule has 2 rings (SSSR count). The van der Waals surface area contributed by atoms with Gasteiger partial charge in [0.2, 0.25) is 0 Å². The molecule has 1 aromatic heterocycles. The molecular weight excluding hydrogens is 421 g/mol. The Bertz CT molecular complexity index is 905. The Labute approximate surface area is 178 Å². The van der Waals surface area contributed by atoms with Crippen LogP contribution in [0, 0.1) is 0 Å². The van der Waals surface area contributed by atoms with Crippen LogP contribution in [0.4, 0.5) is 11.6 Å². The number of nitrogens with two attached hydrogens (primary N) is 3. The number of carboxylic acids is 1. The third kappa shape index (κ3) is 7.09. The molecule has 0 saturated carbocycles. The highest BCUT2D eigenvalue weighted by Gasteiger charge is 2.16. The van der Waals surface area contributed by atoms with E-state index in [1.54, 1.807) is 24.3 Å². The number of benzene rings is 1. The van der Waals surface area contributed by atoms with Crippen LogP contribution < -0.4 is 22.5 Å². The smallest absolute Gasteiger partial charge is 0.335 e. The second-order valence-corrected chi connectivity index (χ2v) is 6.17. The molecule has 0 radical (unpaired) electrons. The van der Waals surface area contributed by atoms with Crippen LogP contribution >= 0.6 is 24.0 Å². The van der Waals surface area contributed by atoms with E-state index in [4.69, 9.17) is 33.9 Å². The molecule has 1 aromatic carbocycles. The van der Waals surface area contributed by atoms with E-state index >= 15 is 0 Å². The van der Waals surface area contributed by atoms with Crippen LogP contribution in [0.25, 0.3) is 0 Å². The summed E-state index contributed by atoms with van der Waals surface area (Å²) in [5.41, 5.74) is 17.8. The fourth-order valence-corrected chi connectivity index (χ4v) is 2.40. The van der Waals surface area contributed by atoms with Crippen LogP contribution in [0.15, 0.2) is 29.3 Å². The molecule has 0 aliphatic rings. The summed E-state index contributed by atoms with van der Waals surface area (Å²) >= 11 is 5.73. The number of hydrogen-bond acceptors (Lipinski definition) is 7. The van der Waals surface area contributed by atoms with Crippen molar-refractivity contribution in [3.05, 3.63) is 46.2 Å². The van der Waals surface area contributed by atoms with Gasteiger partial charge in [-0.1, -0.05) is 23.7 Å². The largest absolute Gasteiger partial charge is 0.478 e. The number of nitrogens with zero attached hydrogens (tertiary/aromatic N) is 3. The standard InChI is InChI=1S/C17H20ClN7O3.ClH/c18-12-14(20)24-13(19)11(23-12)15(26)25-17(21)22-8-2-1-3-9-4-6-10(7-5-9)16(27)28;/h4-7H,1-3,8H2,(H,27,28)(H4,19,20,24)(H3,21,22,25,26);1H. The average Bonchev–Trinajstić information content (AvgIpc) is 2.64. The molecule has 0 aliphatic heterocycles. The normalized spacial score (nSPS) is 10.9. The van der Waals surface area contributed by atoms with Gasteiger partial charge in [-0.3, -0.25) is 15.1 Å². The van der Waals surface area contributed by atoms with Gasteiger partial charge in [-0.15, -0.1) is 12.4 Å². The van der Waals surface area contributed by atoms with Crippen LogP contribution in [-0.4, -0.2) is 39.5 Å². The van der Waals surface area contributed by atoms with Crippen molar-refractivity contribution in [2.45, 2.75) is 19.3 Å². The molecular formula is C17H21Cl2N7O3. The van der Waals surface area contributed by atoms with E-state index in [9.17, 15) is 9.59 Å². The fourth-order valence-electron chi connectivity index (χ4n) is 2.28. The summed E-state index contributed by atoms with van der Waals surface area (Å²) < 4.78 is 0. The van der Waals surface area contributed by atoms with Crippen molar-refractivity contribution in [1.82, 2.24) is 15.3 Å². The number of aromatic carboxylic acids is 1. The lowest BCUT2D eigenvalue weighted by molar-refractivity contribution is 0.0696. The lowest BCUT2D eigenvalue weighted by Crippen LogP contribution is -2.38. The van der Waals surface area contributed by atoms with Crippen LogP contribution in [0.5, 0.6) is 0 Å². The summed E-state index contributed by atoms with van der Waals surface area (Å²) in [4.78, 5) is 34.5. The second kappa shape index (κ2) is 11.0. The Morgan fingerprint density at radius 1 is 1.10 bits per heavy atom. The molecule has 8 N–H and O–H groups in total. The van der Waals surface area contributed by atoms with Gasteiger partial charge >= 0.3 is 5.97 Å². The highest BCUT2D eigenvalue weighted by Crippen LogP contribution is 2.17. The first-order valence-electron chi connectivity index (χ1n) is 8.30. The number of carboxylic acid groups (broad SMARTS) is 1. The van der Waals surface area contributed by atoms with Crippen molar-refractivity contribution in [2.24, 2.45) is 10.7 Å². The maximum absolute atomic E-state index is 12.1. The van der Waals surface area contributed by atoms with Gasteiger partial charge in [0.05, 0.1) is 5.56 Å². The van der Waals surface area contributed by atoms with E-state index in [0.29, 0.717) is 6.54 Å². The Kier molecular flexibility index (Phi) is 9.10. The zero-order chi connectivity index (χ0) is 20.7. The van der Waals surface area contributed by atoms with Crippen molar-refractivity contribution in [2.75, 3.05) is 18.0 Å². The molecule has 0 spiro atoms. The van der Waals surface area contributed by atoms with Crippen molar-refractivity contribution in [1.29, 1.82) is 0 Å². The first-order chi connectivity index (χ1) is 13.3. The lowest BCUT2D eigenvalue weighted by atomic mass is 10.1. The number of halogens is 2. The number of hydrogen-bond donors (Lipinski definition) is 5. The maximum Gasteiger partial charge on any atom is 0.335 e. The summed E-state index contributed by atoms with van der Waals surface area (Å²) in [6, 6.07) is 6.71. The SMILES string of the molecule is Cl.NC(=NCCCCc1ccc(C(=O)O)cc1)NC(=O)c1nc(Cl)c(N)nc1N. The van der Waals surface area contributed by atoms with E-state index in [1.165, 1.54) is 0 Å². The number of unbranched alkanes of at least 4 members (excludes halogenated alkanes) is 1. The number of guanidine groups is 1. The number of carbonyl (C=O) groups is 2. The van der Waals surface area contributed by atoms with Gasteiger partial charge in [0.1, 0.15) is 0 Å². The Morgan fingerprint density at radius 2 is 1.76 bits per heavy atom. The highest BCUT2D eigenvalue weighted by molar-refractivity contribution is 6.31. The Hall–Kier alpha value is -3.11. The average molecular weight is 442 g/mol. The van der Waals surface area contributed by atoms with Crippen molar-refractivity contribution in [3.8, 4) is 0 Å². The number of amides is 1. The van der Waals surface area contributed by atoms with Gasteiger partial charge < -0.3 is 22.3 Å². The molecule has 0 unspecified atom stereocenters. The number of aromatic nitrogens is 2. The van der Waals surface area contributed by atoms with Gasteiger partial charge in [0.25, 0.3) is 5.91 Å². The molecule has 0 aliphatic carbocycles. The minimum absolute atomic E-state index is 0. The van der Waals surface area contributed by atoms with E-state index in [-0.39, 0.29) is 46.4 Å². The van der Waals surface area contributed by atoms with Crippen LogP contribution in [0.1, 0.15) is 39.3 Å².